The molecular formula is C18H24ClN. The van der Waals surface area contributed by atoms with E-state index >= 15 is 0 Å². The predicted octanol–water partition coefficient (Wildman–Crippen LogP) is 5.57. The monoisotopic (exact) mass is 289 g/mol. The van der Waals surface area contributed by atoms with Crippen molar-refractivity contribution in [2.45, 2.75) is 40.2 Å². The van der Waals surface area contributed by atoms with Crippen molar-refractivity contribution in [3.63, 3.8) is 0 Å². The van der Waals surface area contributed by atoms with E-state index in [9.17, 15) is 0 Å². The minimum atomic E-state index is 0.0476. The summed E-state index contributed by atoms with van der Waals surface area (Å²) in [5, 5.41) is 3.06. The quantitative estimate of drug-likeness (QED) is 0.786. The van der Waals surface area contributed by atoms with Crippen LogP contribution in [0.25, 0.3) is 10.8 Å². The molecule has 2 aromatic carbocycles. The van der Waals surface area contributed by atoms with Gasteiger partial charge in [-0.25, -0.2) is 0 Å². The molecule has 0 spiro atoms. The molecule has 2 rings (SSSR count). The van der Waals surface area contributed by atoms with Gasteiger partial charge in [-0.2, -0.15) is 0 Å². The Morgan fingerprint density at radius 3 is 2.25 bits per heavy atom. The summed E-state index contributed by atoms with van der Waals surface area (Å²) in [6, 6.07) is 12.3. The van der Waals surface area contributed by atoms with Crippen molar-refractivity contribution in [3.8, 4) is 0 Å². The highest BCUT2D eigenvalue weighted by atomic mass is 35.5. The second kappa shape index (κ2) is 5.75. The van der Waals surface area contributed by atoms with E-state index in [0.29, 0.717) is 5.92 Å². The van der Waals surface area contributed by atoms with Crippen LogP contribution in [0.1, 0.15) is 45.7 Å². The zero-order chi connectivity index (χ0) is 14.9. The van der Waals surface area contributed by atoms with Crippen molar-refractivity contribution < 1.29 is 0 Å². The maximum Gasteiger partial charge on any atom is 0.0484 e. The zero-order valence-corrected chi connectivity index (χ0v) is 13.5. The van der Waals surface area contributed by atoms with Crippen LogP contribution in [0, 0.1) is 11.3 Å². The number of rotatable bonds is 3. The Morgan fingerprint density at radius 1 is 1.05 bits per heavy atom. The molecule has 0 amide bonds. The Kier molecular flexibility index (Phi) is 4.41. The number of halogens is 1. The number of hydrogen-bond donors (Lipinski definition) is 1. The molecule has 0 heterocycles. The zero-order valence-electron chi connectivity index (χ0n) is 12.8. The highest BCUT2D eigenvalue weighted by Crippen LogP contribution is 2.35. The first kappa shape index (κ1) is 15.3. The van der Waals surface area contributed by atoms with Crippen molar-refractivity contribution in [2.24, 2.45) is 17.1 Å². The second-order valence-corrected chi connectivity index (χ2v) is 7.20. The third-order valence-electron chi connectivity index (χ3n) is 4.39. The average Bonchev–Trinajstić information content (AvgIpc) is 2.38. The molecule has 0 fully saturated rings. The highest BCUT2D eigenvalue weighted by Gasteiger charge is 2.23. The van der Waals surface area contributed by atoms with E-state index in [4.69, 9.17) is 17.3 Å². The Bertz CT molecular complexity index is 598. The highest BCUT2D eigenvalue weighted by molar-refractivity contribution is 6.35. The van der Waals surface area contributed by atoms with Gasteiger partial charge in [0.15, 0.2) is 0 Å². The van der Waals surface area contributed by atoms with Gasteiger partial charge in [0.05, 0.1) is 0 Å². The van der Waals surface area contributed by atoms with Crippen molar-refractivity contribution in [2.75, 3.05) is 0 Å². The Morgan fingerprint density at radius 2 is 1.65 bits per heavy atom. The number of fused-ring (bicyclic) bond motifs is 1. The molecule has 0 saturated carbocycles. The molecule has 0 aliphatic heterocycles. The van der Waals surface area contributed by atoms with E-state index in [1.54, 1.807) is 0 Å². The van der Waals surface area contributed by atoms with E-state index in [2.05, 4.69) is 45.9 Å². The first-order valence-electron chi connectivity index (χ1n) is 7.23. The number of hydrogen-bond acceptors (Lipinski definition) is 1. The lowest BCUT2D eigenvalue weighted by atomic mass is 9.77. The van der Waals surface area contributed by atoms with Crippen LogP contribution in [0.3, 0.4) is 0 Å². The van der Waals surface area contributed by atoms with Gasteiger partial charge in [-0.1, -0.05) is 69.6 Å². The molecule has 2 unspecified atom stereocenters. The van der Waals surface area contributed by atoms with Crippen LogP contribution >= 0.6 is 11.6 Å². The summed E-state index contributed by atoms with van der Waals surface area (Å²) in [6.07, 6.45) is 0.981. The summed E-state index contributed by atoms with van der Waals surface area (Å²) >= 11 is 6.27. The molecule has 0 bridgehead atoms. The van der Waals surface area contributed by atoms with Gasteiger partial charge in [-0.05, 0) is 34.8 Å². The van der Waals surface area contributed by atoms with Crippen LogP contribution in [-0.4, -0.2) is 0 Å². The molecule has 1 nitrogen and oxygen atoms in total. The Hall–Kier alpha value is -1.05. The minimum Gasteiger partial charge on any atom is -0.324 e. The first-order chi connectivity index (χ1) is 9.30. The van der Waals surface area contributed by atoms with Crippen LogP contribution in [0.4, 0.5) is 0 Å². The molecule has 0 aromatic heterocycles. The predicted molar refractivity (Wildman–Crippen MR) is 89.1 cm³/mol. The fourth-order valence-electron chi connectivity index (χ4n) is 2.47. The molecular weight excluding hydrogens is 266 g/mol. The number of benzene rings is 2. The molecule has 2 aromatic rings. The summed E-state index contributed by atoms with van der Waals surface area (Å²) in [6.45, 7) is 9.08. The topological polar surface area (TPSA) is 26.0 Å². The van der Waals surface area contributed by atoms with Crippen LogP contribution < -0.4 is 5.73 Å². The van der Waals surface area contributed by atoms with Gasteiger partial charge in [0.2, 0.25) is 0 Å². The van der Waals surface area contributed by atoms with Gasteiger partial charge >= 0.3 is 0 Å². The fraction of sp³-hybridized carbons (Fsp3) is 0.444. The van der Waals surface area contributed by atoms with Gasteiger partial charge in [-0.3, -0.25) is 0 Å². The van der Waals surface area contributed by atoms with E-state index < -0.39 is 0 Å². The second-order valence-electron chi connectivity index (χ2n) is 6.79. The summed E-state index contributed by atoms with van der Waals surface area (Å²) in [5.41, 5.74) is 7.94. The van der Waals surface area contributed by atoms with Crippen LogP contribution in [-0.2, 0) is 0 Å². The van der Waals surface area contributed by atoms with Crippen LogP contribution in [0.2, 0.25) is 5.02 Å². The van der Waals surface area contributed by atoms with E-state index in [1.165, 1.54) is 10.9 Å². The van der Waals surface area contributed by atoms with Crippen molar-refractivity contribution in [1.82, 2.24) is 0 Å². The lowest BCUT2D eigenvalue weighted by Gasteiger charge is -2.30. The van der Waals surface area contributed by atoms with Gasteiger partial charge in [-0.15, -0.1) is 0 Å². The molecule has 20 heavy (non-hydrogen) atoms. The lowest BCUT2D eigenvalue weighted by molar-refractivity contribution is 0.234. The SMILES string of the molecule is CC(CC(N)c1ccc(Cl)c2ccccc12)C(C)(C)C. The Labute approximate surface area is 127 Å². The van der Waals surface area contributed by atoms with Crippen molar-refractivity contribution in [3.05, 3.63) is 47.0 Å². The summed E-state index contributed by atoms with van der Waals surface area (Å²) in [4.78, 5) is 0. The molecule has 0 saturated heterocycles. The number of nitrogens with two attached hydrogens (primary N) is 1. The average molecular weight is 290 g/mol. The smallest absolute Gasteiger partial charge is 0.0484 e. The third-order valence-corrected chi connectivity index (χ3v) is 4.72. The molecule has 108 valence electrons. The summed E-state index contributed by atoms with van der Waals surface area (Å²) in [5.74, 6) is 0.562. The molecule has 2 atom stereocenters. The van der Waals surface area contributed by atoms with E-state index in [0.717, 1.165) is 16.8 Å². The van der Waals surface area contributed by atoms with Gasteiger partial charge in [0.1, 0.15) is 0 Å². The summed E-state index contributed by atoms with van der Waals surface area (Å²) in [7, 11) is 0. The molecule has 0 aliphatic carbocycles. The van der Waals surface area contributed by atoms with Crippen molar-refractivity contribution in [1.29, 1.82) is 0 Å². The molecule has 0 radical (unpaired) electrons. The minimum absolute atomic E-state index is 0.0476. The van der Waals surface area contributed by atoms with Crippen LogP contribution in [0.5, 0.6) is 0 Å². The molecule has 0 aliphatic rings. The summed E-state index contributed by atoms with van der Waals surface area (Å²) < 4.78 is 0. The molecule has 2 heteroatoms. The Balaban J connectivity index is 2.36. The van der Waals surface area contributed by atoms with E-state index in [1.807, 2.05) is 18.2 Å². The third kappa shape index (κ3) is 3.16. The lowest BCUT2D eigenvalue weighted by Crippen LogP contribution is -2.23. The van der Waals surface area contributed by atoms with Gasteiger partial charge in [0, 0.05) is 16.5 Å². The first-order valence-corrected chi connectivity index (χ1v) is 7.61. The maximum absolute atomic E-state index is 6.47. The largest absolute Gasteiger partial charge is 0.324 e. The standard InChI is InChI=1S/C18H24ClN/c1-12(18(2,3)4)11-17(20)15-9-10-16(19)14-8-6-5-7-13(14)15/h5-10,12,17H,11,20H2,1-4H3. The maximum atomic E-state index is 6.47. The normalized spacial score (nSPS) is 15.3. The fourth-order valence-corrected chi connectivity index (χ4v) is 2.70. The van der Waals surface area contributed by atoms with Crippen molar-refractivity contribution >= 4 is 22.4 Å². The van der Waals surface area contributed by atoms with Gasteiger partial charge < -0.3 is 5.73 Å². The molecule has 2 N–H and O–H groups in total. The van der Waals surface area contributed by atoms with Crippen LogP contribution in [0.15, 0.2) is 36.4 Å². The van der Waals surface area contributed by atoms with Gasteiger partial charge in [0.25, 0.3) is 0 Å². The van der Waals surface area contributed by atoms with E-state index in [-0.39, 0.29) is 11.5 Å².